The number of nitro groups is 1. The van der Waals surface area contributed by atoms with Gasteiger partial charge in [-0.3, -0.25) is 14.9 Å². The van der Waals surface area contributed by atoms with Crippen LogP contribution in [0.5, 0.6) is 5.75 Å². The molecule has 0 aliphatic heterocycles. The maximum Gasteiger partial charge on any atom is 0.273 e. The number of hydrogen-bond acceptors (Lipinski definition) is 4. The van der Waals surface area contributed by atoms with Crippen LogP contribution in [0.25, 0.3) is 0 Å². The van der Waals surface area contributed by atoms with Gasteiger partial charge in [0.2, 0.25) is 0 Å². The molecule has 0 radical (unpaired) electrons. The van der Waals surface area contributed by atoms with Crippen LogP contribution in [0, 0.1) is 10.1 Å². The van der Waals surface area contributed by atoms with Gasteiger partial charge >= 0.3 is 0 Å². The van der Waals surface area contributed by atoms with Crippen LogP contribution in [0.2, 0.25) is 0 Å². The number of nitro benzene ring substituents is 1. The summed E-state index contributed by atoms with van der Waals surface area (Å²) >= 11 is 6.52. The molecule has 0 atom stereocenters. The number of phenols is 1. The van der Waals surface area contributed by atoms with Crippen LogP contribution in [0.3, 0.4) is 0 Å². The molecule has 0 aliphatic rings. The van der Waals surface area contributed by atoms with E-state index >= 15 is 0 Å². The average molecular weight is 416 g/mol. The number of anilines is 1. The van der Waals surface area contributed by atoms with Crippen molar-refractivity contribution in [1.29, 1.82) is 0 Å². The first kappa shape index (κ1) is 15.5. The van der Waals surface area contributed by atoms with Crippen molar-refractivity contribution in [2.24, 2.45) is 0 Å². The van der Waals surface area contributed by atoms with Crippen molar-refractivity contribution in [2.75, 3.05) is 5.32 Å². The second kappa shape index (κ2) is 6.23. The predicted octanol–water partition coefficient (Wildman–Crippen LogP) is 4.08. The molecule has 2 aromatic carbocycles. The molecular weight excluding hydrogens is 408 g/mol. The van der Waals surface area contributed by atoms with Gasteiger partial charge in [-0.2, -0.15) is 0 Å². The highest BCUT2D eigenvalue weighted by Crippen LogP contribution is 2.29. The summed E-state index contributed by atoms with van der Waals surface area (Å²) in [6.07, 6.45) is 0. The van der Waals surface area contributed by atoms with Gasteiger partial charge in [-0.1, -0.05) is 15.9 Å². The van der Waals surface area contributed by atoms with E-state index in [2.05, 4.69) is 37.2 Å². The van der Waals surface area contributed by atoms with Crippen molar-refractivity contribution in [2.45, 2.75) is 0 Å². The Labute approximate surface area is 136 Å². The summed E-state index contributed by atoms with van der Waals surface area (Å²) in [5, 5.41) is 22.8. The van der Waals surface area contributed by atoms with Crippen LogP contribution < -0.4 is 5.32 Å². The van der Waals surface area contributed by atoms with E-state index in [9.17, 15) is 20.0 Å². The predicted molar refractivity (Wildman–Crippen MR) is 84.6 cm³/mol. The van der Waals surface area contributed by atoms with E-state index in [0.29, 0.717) is 10.0 Å². The molecular formula is C13H8Br2N2O4. The molecule has 21 heavy (non-hydrogen) atoms. The fourth-order valence-corrected chi connectivity index (χ4v) is 2.39. The fourth-order valence-electron chi connectivity index (χ4n) is 1.60. The SMILES string of the molecule is O=C(Nc1ccc([N+](=O)[O-])cc1O)c1cc(Br)ccc1Br. The third-order valence-corrected chi connectivity index (χ3v) is 3.80. The van der Waals surface area contributed by atoms with Gasteiger partial charge in [-0.05, 0) is 40.2 Å². The summed E-state index contributed by atoms with van der Waals surface area (Å²) < 4.78 is 1.31. The third-order valence-electron chi connectivity index (χ3n) is 2.61. The van der Waals surface area contributed by atoms with Gasteiger partial charge in [0.1, 0.15) is 5.75 Å². The highest BCUT2D eigenvalue weighted by molar-refractivity contribution is 9.11. The van der Waals surface area contributed by atoms with Crippen LogP contribution in [-0.4, -0.2) is 15.9 Å². The maximum absolute atomic E-state index is 12.2. The summed E-state index contributed by atoms with van der Waals surface area (Å²) in [5.41, 5.74) is 0.203. The molecule has 2 aromatic rings. The zero-order valence-corrected chi connectivity index (χ0v) is 13.5. The van der Waals surface area contributed by atoms with Crippen molar-refractivity contribution in [3.63, 3.8) is 0 Å². The number of non-ortho nitro benzene ring substituents is 1. The van der Waals surface area contributed by atoms with Gasteiger partial charge < -0.3 is 10.4 Å². The Bertz CT molecular complexity index is 734. The van der Waals surface area contributed by atoms with Gasteiger partial charge in [0.15, 0.2) is 0 Å². The first-order chi connectivity index (χ1) is 9.88. The number of nitrogens with zero attached hydrogens (tertiary/aromatic N) is 1. The molecule has 0 fully saturated rings. The molecule has 0 spiro atoms. The molecule has 0 bridgehead atoms. The topological polar surface area (TPSA) is 92.5 Å². The van der Waals surface area contributed by atoms with E-state index in [1.54, 1.807) is 18.2 Å². The fraction of sp³-hybridized carbons (Fsp3) is 0. The Balaban J connectivity index is 2.27. The smallest absolute Gasteiger partial charge is 0.273 e. The van der Waals surface area contributed by atoms with Crippen molar-refractivity contribution >= 4 is 49.1 Å². The summed E-state index contributed by atoms with van der Waals surface area (Å²) in [7, 11) is 0. The number of halogens is 2. The second-order valence-corrected chi connectivity index (χ2v) is 5.81. The first-order valence-corrected chi connectivity index (χ1v) is 7.21. The highest BCUT2D eigenvalue weighted by atomic mass is 79.9. The van der Waals surface area contributed by atoms with Gasteiger partial charge in [0.05, 0.1) is 22.2 Å². The molecule has 108 valence electrons. The lowest BCUT2D eigenvalue weighted by atomic mass is 10.2. The zero-order valence-electron chi connectivity index (χ0n) is 10.3. The second-order valence-electron chi connectivity index (χ2n) is 4.04. The average Bonchev–Trinajstić information content (AvgIpc) is 2.43. The van der Waals surface area contributed by atoms with Gasteiger partial charge in [0.25, 0.3) is 11.6 Å². The molecule has 2 N–H and O–H groups in total. The zero-order chi connectivity index (χ0) is 15.6. The summed E-state index contributed by atoms with van der Waals surface area (Å²) in [6, 6.07) is 8.54. The van der Waals surface area contributed by atoms with Crippen molar-refractivity contribution < 1.29 is 14.8 Å². The lowest BCUT2D eigenvalue weighted by Gasteiger charge is -2.09. The van der Waals surface area contributed by atoms with E-state index in [0.717, 1.165) is 10.5 Å². The Morgan fingerprint density at radius 1 is 1.19 bits per heavy atom. The van der Waals surface area contributed by atoms with Crippen LogP contribution in [0.1, 0.15) is 10.4 Å². The molecule has 1 amide bonds. The van der Waals surface area contributed by atoms with E-state index in [1.165, 1.54) is 12.1 Å². The van der Waals surface area contributed by atoms with E-state index in [1.807, 2.05) is 0 Å². The number of aromatic hydroxyl groups is 1. The van der Waals surface area contributed by atoms with Crippen LogP contribution in [0.15, 0.2) is 45.3 Å². The molecule has 0 aromatic heterocycles. The quantitative estimate of drug-likeness (QED) is 0.448. The lowest BCUT2D eigenvalue weighted by molar-refractivity contribution is -0.384. The lowest BCUT2D eigenvalue weighted by Crippen LogP contribution is -2.12. The molecule has 0 saturated heterocycles. The molecule has 0 heterocycles. The van der Waals surface area contributed by atoms with Crippen LogP contribution >= 0.6 is 31.9 Å². The van der Waals surface area contributed by atoms with Gasteiger partial charge in [-0.15, -0.1) is 0 Å². The molecule has 6 nitrogen and oxygen atoms in total. The normalized spacial score (nSPS) is 10.2. The first-order valence-electron chi connectivity index (χ1n) is 5.62. The standard InChI is InChI=1S/C13H8Br2N2O4/c14-7-1-3-10(15)9(5-7)13(19)16-11-4-2-8(17(20)21)6-12(11)18/h1-6,18H,(H,16,19). The summed E-state index contributed by atoms with van der Waals surface area (Å²) in [6.45, 7) is 0. The number of phenolic OH excluding ortho intramolecular Hbond substituents is 1. The maximum atomic E-state index is 12.2. The van der Waals surface area contributed by atoms with E-state index < -0.39 is 10.8 Å². The van der Waals surface area contributed by atoms with E-state index in [-0.39, 0.29) is 17.1 Å². The minimum atomic E-state index is -0.629. The minimum Gasteiger partial charge on any atom is -0.506 e. The van der Waals surface area contributed by atoms with Crippen LogP contribution in [0.4, 0.5) is 11.4 Å². The number of carbonyl (C=O) groups excluding carboxylic acids is 1. The molecule has 8 heteroatoms. The monoisotopic (exact) mass is 414 g/mol. The minimum absolute atomic E-state index is 0.0949. The van der Waals surface area contributed by atoms with Crippen molar-refractivity contribution in [3.05, 3.63) is 61.0 Å². The largest absolute Gasteiger partial charge is 0.506 e. The third kappa shape index (κ3) is 3.59. The van der Waals surface area contributed by atoms with Gasteiger partial charge in [0, 0.05) is 15.0 Å². The summed E-state index contributed by atoms with van der Waals surface area (Å²) in [4.78, 5) is 22.1. The molecule has 2 rings (SSSR count). The van der Waals surface area contributed by atoms with Crippen molar-refractivity contribution in [1.82, 2.24) is 0 Å². The van der Waals surface area contributed by atoms with E-state index in [4.69, 9.17) is 0 Å². The number of benzene rings is 2. The number of rotatable bonds is 3. The number of amides is 1. The molecule has 0 unspecified atom stereocenters. The Kier molecular flexibility index (Phi) is 4.59. The number of hydrogen-bond donors (Lipinski definition) is 2. The molecule has 0 saturated carbocycles. The molecule has 0 aliphatic carbocycles. The highest BCUT2D eigenvalue weighted by Gasteiger charge is 2.15. The Morgan fingerprint density at radius 3 is 2.52 bits per heavy atom. The van der Waals surface area contributed by atoms with Crippen LogP contribution in [-0.2, 0) is 0 Å². The van der Waals surface area contributed by atoms with Crippen molar-refractivity contribution in [3.8, 4) is 5.75 Å². The summed E-state index contributed by atoms with van der Waals surface area (Å²) in [5.74, 6) is -0.823. The number of carbonyl (C=O) groups is 1. The Hall–Kier alpha value is -1.93. The van der Waals surface area contributed by atoms with Gasteiger partial charge in [-0.25, -0.2) is 0 Å². The Morgan fingerprint density at radius 2 is 1.90 bits per heavy atom. The number of nitrogens with one attached hydrogen (secondary N) is 1.